The van der Waals surface area contributed by atoms with Crippen LogP contribution in [0.3, 0.4) is 0 Å². The fraction of sp³-hybridized carbons (Fsp3) is 0.0667. The minimum absolute atomic E-state index is 0.0313. The van der Waals surface area contributed by atoms with Crippen molar-refractivity contribution in [3.05, 3.63) is 70.7 Å². The monoisotopic (exact) mass is 283 g/mol. The van der Waals surface area contributed by atoms with E-state index in [9.17, 15) is 4.79 Å². The van der Waals surface area contributed by atoms with Crippen molar-refractivity contribution < 1.29 is 4.79 Å². The first-order valence-corrected chi connectivity index (χ1v) is 7.11. The second-order valence-electron chi connectivity index (χ2n) is 4.28. The summed E-state index contributed by atoms with van der Waals surface area (Å²) in [4.78, 5) is 12.6. The highest BCUT2D eigenvalue weighted by Crippen LogP contribution is 2.10. The van der Waals surface area contributed by atoms with Crippen molar-refractivity contribution in [3.8, 4) is 5.69 Å². The molecule has 20 heavy (non-hydrogen) atoms. The highest BCUT2D eigenvalue weighted by molar-refractivity contribution is 7.12. The third-order valence-electron chi connectivity index (χ3n) is 2.90. The number of carbonyl (C=O) groups excluding carboxylic acids is 1. The molecule has 0 atom stereocenters. The normalized spacial score (nSPS) is 10.4. The number of nitrogens with zero attached hydrogens (tertiary/aromatic N) is 2. The van der Waals surface area contributed by atoms with E-state index in [0.717, 1.165) is 16.1 Å². The molecule has 0 saturated carbocycles. The Balaban J connectivity index is 1.63. The predicted octanol–water partition coefficient (Wildman–Crippen LogP) is 2.86. The molecule has 0 saturated heterocycles. The molecule has 0 radical (unpaired) electrons. The van der Waals surface area contributed by atoms with Crippen molar-refractivity contribution in [1.29, 1.82) is 0 Å². The minimum atomic E-state index is -0.0313. The first kappa shape index (κ1) is 12.6. The van der Waals surface area contributed by atoms with E-state index in [4.69, 9.17) is 0 Å². The first-order chi connectivity index (χ1) is 9.83. The Morgan fingerprint density at radius 2 is 2.05 bits per heavy atom. The summed E-state index contributed by atoms with van der Waals surface area (Å²) in [5, 5.41) is 8.97. The number of nitrogens with one attached hydrogen (secondary N) is 1. The molecule has 4 nitrogen and oxygen atoms in total. The van der Waals surface area contributed by atoms with Crippen LogP contribution in [-0.2, 0) is 6.54 Å². The van der Waals surface area contributed by atoms with Crippen LogP contribution in [0.15, 0.2) is 60.2 Å². The average molecular weight is 283 g/mol. The maximum atomic E-state index is 11.8. The van der Waals surface area contributed by atoms with Crippen LogP contribution in [-0.4, -0.2) is 15.7 Å². The lowest BCUT2D eigenvalue weighted by Gasteiger charge is -2.06. The summed E-state index contributed by atoms with van der Waals surface area (Å²) >= 11 is 1.44. The molecule has 0 aliphatic rings. The van der Waals surface area contributed by atoms with Crippen LogP contribution in [0.25, 0.3) is 5.69 Å². The summed E-state index contributed by atoms with van der Waals surface area (Å²) in [6.45, 7) is 0.524. The Bertz CT molecular complexity index is 673. The maximum Gasteiger partial charge on any atom is 0.261 e. The Labute approximate surface area is 120 Å². The number of rotatable bonds is 4. The third-order valence-corrected chi connectivity index (χ3v) is 3.77. The van der Waals surface area contributed by atoms with Gasteiger partial charge in [0.1, 0.15) is 0 Å². The van der Waals surface area contributed by atoms with E-state index in [1.807, 2.05) is 54.0 Å². The highest BCUT2D eigenvalue weighted by atomic mass is 32.1. The van der Waals surface area contributed by atoms with Gasteiger partial charge < -0.3 is 5.32 Å². The van der Waals surface area contributed by atoms with Gasteiger partial charge in [0.05, 0.1) is 10.6 Å². The van der Waals surface area contributed by atoms with E-state index in [-0.39, 0.29) is 5.91 Å². The Morgan fingerprint density at radius 3 is 2.70 bits per heavy atom. The third kappa shape index (κ3) is 2.78. The second-order valence-corrected chi connectivity index (χ2v) is 5.22. The number of benzene rings is 1. The molecule has 1 amide bonds. The molecule has 0 fully saturated rings. The van der Waals surface area contributed by atoms with Crippen molar-refractivity contribution in [2.45, 2.75) is 6.54 Å². The SMILES string of the molecule is O=C(NCc1ccc(-n2cccn2)cc1)c1cccs1. The molecule has 2 aromatic heterocycles. The van der Waals surface area contributed by atoms with Gasteiger partial charge in [0.25, 0.3) is 5.91 Å². The van der Waals surface area contributed by atoms with E-state index >= 15 is 0 Å². The largest absolute Gasteiger partial charge is 0.347 e. The van der Waals surface area contributed by atoms with Gasteiger partial charge in [-0.15, -0.1) is 11.3 Å². The molecular formula is C15H13N3OS. The van der Waals surface area contributed by atoms with Crippen molar-refractivity contribution >= 4 is 17.2 Å². The van der Waals surface area contributed by atoms with Crippen LogP contribution >= 0.6 is 11.3 Å². The van der Waals surface area contributed by atoms with E-state index in [0.29, 0.717) is 6.54 Å². The van der Waals surface area contributed by atoms with E-state index in [1.54, 1.807) is 10.9 Å². The number of hydrogen-bond donors (Lipinski definition) is 1. The van der Waals surface area contributed by atoms with E-state index in [2.05, 4.69) is 10.4 Å². The van der Waals surface area contributed by atoms with Gasteiger partial charge in [0.15, 0.2) is 0 Å². The van der Waals surface area contributed by atoms with Crippen LogP contribution in [0.2, 0.25) is 0 Å². The summed E-state index contributed by atoms with van der Waals surface area (Å²) in [6, 6.07) is 13.5. The standard InChI is InChI=1S/C15H13N3OS/c19-15(14-3-1-10-20-14)16-11-12-4-6-13(7-5-12)18-9-2-8-17-18/h1-10H,11H2,(H,16,19). The fourth-order valence-electron chi connectivity index (χ4n) is 1.87. The van der Waals surface area contributed by atoms with Crippen LogP contribution in [0.4, 0.5) is 0 Å². The molecular weight excluding hydrogens is 270 g/mol. The average Bonchev–Trinajstić information content (AvgIpc) is 3.18. The van der Waals surface area contributed by atoms with Gasteiger partial charge in [-0.2, -0.15) is 5.10 Å². The molecule has 0 aliphatic heterocycles. The first-order valence-electron chi connectivity index (χ1n) is 6.23. The Kier molecular flexibility index (Phi) is 3.60. The van der Waals surface area contributed by atoms with Gasteiger partial charge in [0.2, 0.25) is 0 Å². The molecule has 0 unspecified atom stereocenters. The molecule has 1 N–H and O–H groups in total. The van der Waals surface area contributed by atoms with Crippen molar-refractivity contribution in [1.82, 2.24) is 15.1 Å². The van der Waals surface area contributed by atoms with Crippen molar-refractivity contribution in [3.63, 3.8) is 0 Å². The summed E-state index contributed by atoms with van der Waals surface area (Å²) in [5.74, 6) is -0.0313. The lowest BCUT2D eigenvalue weighted by atomic mass is 10.2. The van der Waals surface area contributed by atoms with E-state index < -0.39 is 0 Å². The van der Waals surface area contributed by atoms with Crippen LogP contribution < -0.4 is 5.32 Å². The van der Waals surface area contributed by atoms with Crippen LogP contribution in [0, 0.1) is 0 Å². The minimum Gasteiger partial charge on any atom is -0.347 e. The highest BCUT2D eigenvalue weighted by Gasteiger charge is 2.05. The van der Waals surface area contributed by atoms with Gasteiger partial charge in [0, 0.05) is 18.9 Å². The smallest absolute Gasteiger partial charge is 0.261 e. The van der Waals surface area contributed by atoms with Crippen LogP contribution in [0.5, 0.6) is 0 Å². The topological polar surface area (TPSA) is 46.9 Å². The molecule has 0 bridgehead atoms. The molecule has 2 heterocycles. The molecule has 0 spiro atoms. The predicted molar refractivity (Wildman–Crippen MR) is 79.1 cm³/mol. The number of carbonyl (C=O) groups is 1. The molecule has 1 aromatic carbocycles. The van der Waals surface area contributed by atoms with Crippen LogP contribution in [0.1, 0.15) is 15.2 Å². The van der Waals surface area contributed by atoms with E-state index in [1.165, 1.54) is 11.3 Å². The zero-order chi connectivity index (χ0) is 13.8. The summed E-state index contributed by atoms with van der Waals surface area (Å²) in [7, 11) is 0. The number of amides is 1. The Hall–Kier alpha value is -2.40. The molecule has 3 aromatic rings. The number of hydrogen-bond acceptors (Lipinski definition) is 3. The van der Waals surface area contributed by atoms with Crippen molar-refractivity contribution in [2.24, 2.45) is 0 Å². The van der Waals surface area contributed by atoms with Gasteiger partial charge in [-0.3, -0.25) is 4.79 Å². The number of aromatic nitrogens is 2. The molecule has 0 aliphatic carbocycles. The molecule has 100 valence electrons. The Morgan fingerprint density at radius 1 is 1.20 bits per heavy atom. The lowest BCUT2D eigenvalue weighted by Crippen LogP contribution is -2.21. The summed E-state index contributed by atoms with van der Waals surface area (Å²) in [6.07, 6.45) is 3.64. The van der Waals surface area contributed by atoms with Gasteiger partial charge in [-0.05, 0) is 35.2 Å². The van der Waals surface area contributed by atoms with Gasteiger partial charge in [-0.1, -0.05) is 18.2 Å². The second kappa shape index (κ2) is 5.71. The van der Waals surface area contributed by atoms with Gasteiger partial charge >= 0.3 is 0 Å². The fourth-order valence-corrected chi connectivity index (χ4v) is 2.51. The molecule has 3 rings (SSSR count). The quantitative estimate of drug-likeness (QED) is 0.800. The summed E-state index contributed by atoms with van der Waals surface area (Å²) in [5.41, 5.74) is 2.06. The summed E-state index contributed by atoms with van der Waals surface area (Å²) < 4.78 is 1.80. The lowest BCUT2D eigenvalue weighted by molar-refractivity contribution is 0.0955. The van der Waals surface area contributed by atoms with Crippen molar-refractivity contribution in [2.75, 3.05) is 0 Å². The molecule has 5 heteroatoms. The maximum absolute atomic E-state index is 11.8. The number of thiophene rings is 1. The zero-order valence-corrected chi connectivity index (χ0v) is 11.5. The zero-order valence-electron chi connectivity index (χ0n) is 10.7. The van der Waals surface area contributed by atoms with Gasteiger partial charge in [-0.25, -0.2) is 4.68 Å².